The van der Waals surface area contributed by atoms with Crippen LogP contribution >= 0.6 is 0 Å². The lowest BCUT2D eigenvalue weighted by atomic mass is 9.88. The van der Waals surface area contributed by atoms with E-state index < -0.39 is 6.10 Å². The van der Waals surface area contributed by atoms with Crippen LogP contribution in [-0.4, -0.2) is 46.0 Å². The first-order chi connectivity index (χ1) is 13.9. The number of hydrogen-bond acceptors (Lipinski definition) is 5. The van der Waals surface area contributed by atoms with E-state index in [0.717, 1.165) is 30.4 Å². The van der Waals surface area contributed by atoms with Gasteiger partial charge in [-0.1, -0.05) is 38.1 Å². The van der Waals surface area contributed by atoms with Crippen LogP contribution in [0.25, 0.3) is 0 Å². The molecule has 2 aliphatic carbocycles. The standard InChI is InChI=1S/C22H30N4O3/c1-3-22(4-2)11-18(28)26(21(23)25-22)12-14-9-16(14)20(29)24-19-15-8-6-5-7-13(15)10-17(19)27/h5-8,14,16-17,19,27H,3-4,9-12H2,1-2H3,(H2,23,25)(H,24,29)/t14-,16+,17+,19+/m1/s1. The molecule has 1 fully saturated rings. The van der Waals surface area contributed by atoms with Gasteiger partial charge < -0.3 is 16.2 Å². The number of carbonyl (C=O) groups excluding carboxylic acids is 2. The number of amides is 2. The molecule has 0 bridgehead atoms. The highest BCUT2D eigenvalue weighted by Gasteiger charge is 2.47. The van der Waals surface area contributed by atoms with Gasteiger partial charge in [0.15, 0.2) is 5.96 Å². The van der Waals surface area contributed by atoms with Gasteiger partial charge in [-0.3, -0.25) is 14.5 Å². The van der Waals surface area contributed by atoms with Gasteiger partial charge >= 0.3 is 0 Å². The molecule has 0 spiro atoms. The molecule has 7 nitrogen and oxygen atoms in total. The van der Waals surface area contributed by atoms with Crippen LogP contribution in [0.5, 0.6) is 0 Å². The van der Waals surface area contributed by atoms with Crippen LogP contribution in [0.3, 0.4) is 0 Å². The molecule has 0 aromatic heterocycles. The van der Waals surface area contributed by atoms with Gasteiger partial charge in [0.2, 0.25) is 11.8 Å². The van der Waals surface area contributed by atoms with E-state index in [1.54, 1.807) is 4.90 Å². The average molecular weight is 399 g/mol. The van der Waals surface area contributed by atoms with Gasteiger partial charge in [0, 0.05) is 18.9 Å². The highest BCUT2D eigenvalue weighted by atomic mass is 16.3. The lowest BCUT2D eigenvalue weighted by Gasteiger charge is -2.36. The van der Waals surface area contributed by atoms with Crippen molar-refractivity contribution in [1.82, 2.24) is 10.2 Å². The number of hydrogen-bond donors (Lipinski definition) is 3. The number of aliphatic hydroxyl groups excluding tert-OH is 1. The van der Waals surface area contributed by atoms with Crippen molar-refractivity contribution >= 4 is 17.8 Å². The van der Waals surface area contributed by atoms with Gasteiger partial charge in [-0.2, -0.15) is 0 Å². The molecule has 156 valence electrons. The van der Waals surface area contributed by atoms with Crippen LogP contribution in [-0.2, 0) is 16.0 Å². The molecular weight excluding hydrogens is 368 g/mol. The SMILES string of the molecule is CCC1(CC)CC(=O)N(C[C@H]2C[C@@H]2C(=O)N[C@H]2c3ccccc3C[C@@H]2O)C(N)=N1. The zero-order valence-corrected chi connectivity index (χ0v) is 17.1. The summed E-state index contributed by atoms with van der Waals surface area (Å²) in [7, 11) is 0. The highest BCUT2D eigenvalue weighted by Crippen LogP contribution is 2.41. The maximum absolute atomic E-state index is 12.7. The fourth-order valence-electron chi connectivity index (χ4n) is 4.71. The van der Waals surface area contributed by atoms with Crippen molar-refractivity contribution in [1.29, 1.82) is 0 Å². The molecule has 29 heavy (non-hydrogen) atoms. The van der Waals surface area contributed by atoms with E-state index in [1.807, 2.05) is 38.1 Å². The third-order valence-electron chi connectivity index (χ3n) is 6.90. The summed E-state index contributed by atoms with van der Waals surface area (Å²) >= 11 is 0. The summed E-state index contributed by atoms with van der Waals surface area (Å²) in [5.41, 5.74) is 7.80. The largest absolute Gasteiger partial charge is 0.390 e. The van der Waals surface area contributed by atoms with Crippen LogP contribution in [0.1, 0.15) is 56.7 Å². The number of aliphatic hydroxyl groups is 1. The molecule has 7 heteroatoms. The molecule has 0 saturated heterocycles. The second-order valence-corrected chi connectivity index (χ2v) is 8.64. The maximum Gasteiger partial charge on any atom is 0.231 e. The van der Waals surface area contributed by atoms with E-state index in [9.17, 15) is 14.7 Å². The number of rotatable bonds is 6. The number of nitrogens with two attached hydrogens (primary N) is 1. The first-order valence-electron chi connectivity index (χ1n) is 10.6. The van der Waals surface area contributed by atoms with Crippen molar-refractivity contribution in [3.05, 3.63) is 35.4 Å². The Morgan fingerprint density at radius 2 is 2.07 bits per heavy atom. The van der Waals surface area contributed by atoms with Crippen molar-refractivity contribution in [2.24, 2.45) is 22.6 Å². The number of nitrogens with zero attached hydrogens (tertiary/aromatic N) is 2. The van der Waals surface area contributed by atoms with Crippen LogP contribution in [0.4, 0.5) is 0 Å². The minimum absolute atomic E-state index is 0.00704. The quantitative estimate of drug-likeness (QED) is 0.675. The van der Waals surface area contributed by atoms with Gasteiger partial charge in [-0.25, -0.2) is 4.99 Å². The number of aliphatic imine (C=N–C) groups is 1. The molecule has 4 rings (SSSR count). The summed E-state index contributed by atoms with van der Waals surface area (Å²) in [6.07, 6.45) is 2.61. The fourth-order valence-corrected chi connectivity index (χ4v) is 4.71. The molecule has 0 radical (unpaired) electrons. The molecule has 3 aliphatic rings. The predicted octanol–water partition coefficient (Wildman–Crippen LogP) is 1.50. The number of guanidine groups is 1. The maximum atomic E-state index is 12.7. The zero-order valence-electron chi connectivity index (χ0n) is 17.1. The van der Waals surface area contributed by atoms with Crippen LogP contribution < -0.4 is 11.1 Å². The van der Waals surface area contributed by atoms with Crippen molar-refractivity contribution in [3.63, 3.8) is 0 Å². The number of nitrogens with one attached hydrogen (secondary N) is 1. The zero-order chi connectivity index (χ0) is 20.8. The number of fused-ring (bicyclic) bond motifs is 1. The topological polar surface area (TPSA) is 108 Å². The molecule has 2 amide bonds. The Balaban J connectivity index is 1.37. The monoisotopic (exact) mass is 398 g/mol. The van der Waals surface area contributed by atoms with Crippen LogP contribution in [0, 0.1) is 11.8 Å². The summed E-state index contributed by atoms with van der Waals surface area (Å²) in [4.78, 5) is 31.6. The number of benzene rings is 1. The Hall–Kier alpha value is -2.41. The third-order valence-corrected chi connectivity index (χ3v) is 6.90. The summed E-state index contributed by atoms with van der Waals surface area (Å²) < 4.78 is 0. The normalized spacial score (nSPS) is 30.0. The lowest BCUT2D eigenvalue weighted by Crippen LogP contribution is -2.52. The molecule has 1 heterocycles. The Morgan fingerprint density at radius 1 is 1.34 bits per heavy atom. The van der Waals surface area contributed by atoms with Crippen molar-refractivity contribution in [3.8, 4) is 0 Å². The van der Waals surface area contributed by atoms with E-state index >= 15 is 0 Å². The molecule has 0 unspecified atom stereocenters. The predicted molar refractivity (Wildman–Crippen MR) is 110 cm³/mol. The van der Waals surface area contributed by atoms with E-state index in [1.165, 1.54) is 0 Å². The fraction of sp³-hybridized carbons (Fsp3) is 0.591. The van der Waals surface area contributed by atoms with E-state index in [4.69, 9.17) is 5.73 Å². The third kappa shape index (κ3) is 3.64. The minimum Gasteiger partial charge on any atom is -0.390 e. The minimum atomic E-state index is -0.601. The summed E-state index contributed by atoms with van der Waals surface area (Å²) in [6, 6.07) is 7.45. The molecule has 1 aromatic rings. The molecule has 1 saturated carbocycles. The number of carbonyl (C=O) groups is 2. The first kappa shape index (κ1) is 19.9. The van der Waals surface area contributed by atoms with Gasteiger partial charge in [0.05, 0.1) is 24.1 Å². The van der Waals surface area contributed by atoms with Gasteiger partial charge in [0.1, 0.15) is 0 Å². The Labute approximate surface area is 171 Å². The van der Waals surface area contributed by atoms with Crippen LogP contribution in [0.15, 0.2) is 29.3 Å². The first-order valence-corrected chi connectivity index (χ1v) is 10.6. The molecule has 1 aliphatic heterocycles. The second kappa shape index (κ2) is 7.44. The molecule has 4 N–H and O–H groups in total. The van der Waals surface area contributed by atoms with Gasteiger partial charge in [0.25, 0.3) is 0 Å². The molecule has 4 atom stereocenters. The average Bonchev–Trinajstić information content (AvgIpc) is 3.41. The van der Waals surface area contributed by atoms with Crippen molar-refractivity contribution in [2.45, 2.75) is 63.6 Å². The Kier molecular flexibility index (Phi) is 5.11. The smallest absolute Gasteiger partial charge is 0.231 e. The Morgan fingerprint density at radius 3 is 2.76 bits per heavy atom. The summed E-state index contributed by atoms with van der Waals surface area (Å²) in [6.45, 7) is 4.49. The van der Waals surface area contributed by atoms with Crippen molar-refractivity contribution in [2.75, 3.05) is 6.54 Å². The van der Waals surface area contributed by atoms with E-state index in [2.05, 4.69) is 10.3 Å². The summed E-state index contributed by atoms with van der Waals surface area (Å²) in [5, 5.41) is 13.4. The lowest BCUT2D eigenvalue weighted by molar-refractivity contribution is -0.130. The highest BCUT2D eigenvalue weighted by molar-refractivity contribution is 5.99. The second-order valence-electron chi connectivity index (χ2n) is 8.64. The van der Waals surface area contributed by atoms with Gasteiger partial charge in [-0.05, 0) is 36.3 Å². The molecule has 1 aromatic carbocycles. The van der Waals surface area contributed by atoms with E-state index in [0.29, 0.717) is 19.4 Å². The van der Waals surface area contributed by atoms with Crippen LogP contribution in [0.2, 0.25) is 0 Å². The molecular formula is C22H30N4O3. The van der Waals surface area contributed by atoms with Gasteiger partial charge in [-0.15, -0.1) is 0 Å². The Bertz CT molecular complexity index is 848. The summed E-state index contributed by atoms with van der Waals surface area (Å²) in [5.74, 6) is 0.132. The van der Waals surface area contributed by atoms with E-state index in [-0.39, 0.29) is 41.2 Å². The van der Waals surface area contributed by atoms with Crippen molar-refractivity contribution < 1.29 is 14.7 Å².